The van der Waals surface area contributed by atoms with Gasteiger partial charge in [0, 0.05) is 33.0 Å². The third-order valence-electron chi connectivity index (χ3n) is 10.2. The van der Waals surface area contributed by atoms with Crippen molar-refractivity contribution in [2.75, 3.05) is 0 Å². The maximum atomic E-state index is 6.72. The summed E-state index contributed by atoms with van der Waals surface area (Å²) in [6, 6.07) is 69.2. The number of aromatic nitrogens is 3. The Balaban J connectivity index is 1.14. The van der Waals surface area contributed by atoms with E-state index in [2.05, 4.69) is 170 Å². The molecule has 0 atom stereocenters. The Morgan fingerprint density at radius 1 is 0.291 bits per heavy atom. The Morgan fingerprint density at radius 3 is 1.38 bits per heavy atom. The fourth-order valence-electron chi connectivity index (χ4n) is 7.42. The van der Waals surface area contributed by atoms with Gasteiger partial charge in [0.25, 0.3) is 0 Å². The van der Waals surface area contributed by atoms with E-state index in [0.717, 1.165) is 77.6 Å². The van der Waals surface area contributed by atoms with Crippen molar-refractivity contribution in [1.29, 1.82) is 0 Å². The second kappa shape index (κ2) is 13.8. The monoisotopic (exact) mass is 703 g/mol. The lowest BCUT2D eigenvalue weighted by molar-refractivity contribution is 0.670. The van der Waals surface area contributed by atoms with E-state index in [-0.39, 0.29) is 0 Å². The molecule has 2 aromatic heterocycles. The molecule has 0 bridgehead atoms. The predicted molar refractivity (Wildman–Crippen MR) is 225 cm³/mol. The molecular formula is C51H33N3O. The maximum absolute atomic E-state index is 6.72. The molecule has 2 heterocycles. The van der Waals surface area contributed by atoms with Crippen molar-refractivity contribution in [1.82, 2.24) is 15.0 Å². The molecule has 0 fully saturated rings. The molecule has 0 spiro atoms. The summed E-state index contributed by atoms with van der Waals surface area (Å²) < 4.78 is 6.72. The first-order valence-electron chi connectivity index (χ1n) is 18.4. The third kappa shape index (κ3) is 6.16. The van der Waals surface area contributed by atoms with Gasteiger partial charge in [0.05, 0.1) is 0 Å². The Labute approximate surface area is 319 Å². The molecule has 0 aliphatic carbocycles. The zero-order chi connectivity index (χ0) is 36.6. The van der Waals surface area contributed by atoms with Crippen LogP contribution in [0.4, 0.5) is 0 Å². The minimum Gasteiger partial charge on any atom is -0.455 e. The number of rotatable bonds is 7. The van der Waals surface area contributed by atoms with Gasteiger partial charge < -0.3 is 4.42 Å². The first-order chi connectivity index (χ1) is 27.2. The van der Waals surface area contributed by atoms with E-state index in [1.807, 2.05) is 30.3 Å². The lowest BCUT2D eigenvalue weighted by atomic mass is 9.97. The topological polar surface area (TPSA) is 51.8 Å². The summed E-state index contributed by atoms with van der Waals surface area (Å²) in [6.45, 7) is 0. The lowest BCUT2D eigenvalue weighted by Crippen LogP contribution is -2.00. The highest BCUT2D eigenvalue weighted by atomic mass is 16.3. The van der Waals surface area contributed by atoms with Crippen LogP contribution in [-0.4, -0.2) is 15.0 Å². The Morgan fingerprint density at radius 2 is 0.727 bits per heavy atom. The van der Waals surface area contributed by atoms with Crippen LogP contribution in [0.2, 0.25) is 0 Å². The van der Waals surface area contributed by atoms with Gasteiger partial charge in [0.15, 0.2) is 17.5 Å². The molecule has 55 heavy (non-hydrogen) atoms. The molecule has 0 saturated carbocycles. The van der Waals surface area contributed by atoms with E-state index >= 15 is 0 Å². The number of hydrogen-bond acceptors (Lipinski definition) is 4. The standard InChI is InChI=1S/C51H33N3O/c1-4-14-34(15-5-1)37-28-30-38(31-29-37)49-52-50(42-23-11-21-40(33-42)36-18-8-3-9-19-36)54-51(53-49)45-26-13-27-46-47(45)44-25-12-24-43(48(44)55-46)41-22-10-20-39(32-41)35-16-6-2-7-17-35/h1-33H. The summed E-state index contributed by atoms with van der Waals surface area (Å²) in [7, 11) is 0. The van der Waals surface area contributed by atoms with Crippen LogP contribution in [0.3, 0.4) is 0 Å². The van der Waals surface area contributed by atoms with Gasteiger partial charge in [-0.25, -0.2) is 15.0 Å². The van der Waals surface area contributed by atoms with Gasteiger partial charge in [-0.3, -0.25) is 0 Å². The van der Waals surface area contributed by atoms with Crippen molar-refractivity contribution in [3.63, 3.8) is 0 Å². The van der Waals surface area contributed by atoms with Crippen molar-refractivity contribution in [2.24, 2.45) is 0 Å². The molecule has 0 unspecified atom stereocenters. The molecular weight excluding hydrogens is 671 g/mol. The largest absolute Gasteiger partial charge is 0.455 e. The van der Waals surface area contributed by atoms with Crippen LogP contribution < -0.4 is 0 Å². The molecule has 0 radical (unpaired) electrons. The summed E-state index contributed by atoms with van der Waals surface area (Å²) in [6.07, 6.45) is 0. The Bertz CT molecular complexity index is 2950. The van der Waals surface area contributed by atoms with Crippen LogP contribution in [0.5, 0.6) is 0 Å². The van der Waals surface area contributed by atoms with Crippen molar-refractivity contribution in [3.8, 4) is 78.7 Å². The van der Waals surface area contributed by atoms with Gasteiger partial charge in [-0.05, 0) is 57.1 Å². The maximum Gasteiger partial charge on any atom is 0.164 e. The van der Waals surface area contributed by atoms with Crippen molar-refractivity contribution in [2.45, 2.75) is 0 Å². The van der Waals surface area contributed by atoms with Gasteiger partial charge in [-0.1, -0.05) is 182 Å². The smallest absolute Gasteiger partial charge is 0.164 e. The number of furan rings is 1. The van der Waals surface area contributed by atoms with E-state index < -0.39 is 0 Å². The Kier molecular flexibility index (Phi) is 8.12. The van der Waals surface area contributed by atoms with Crippen LogP contribution in [0.25, 0.3) is 101 Å². The van der Waals surface area contributed by atoms with Crippen LogP contribution in [0.1, 0.15) is 0 Å². The van der Waals surface area contributed by atoms with Crippen LogP contribution >= 0.6 is 0 Å². The summed E-state index contributed by atoms with van der Waals surface area (Å²) >= 11 is 0. The number of fused-ring (bicyclic) bond motifs is 3. The molecule has 0 N–H and O–H groups in total. The highest BCUT2D eigenvalue weighted by Crippen LogP contribution is 2.41. The zero-order valence-corrected chi connectivity index (χ0v) is 29.8. The van der Waals surface area contributed by atoms with Crippen molar-refractivity contribution in [3.05, 3.63) is 200 Å². The van der Waals surface area contributed by atoms with Gasteiger partial charge in [0.2, 0.25) is 0 Å². The predicted octanol–water partition coefficient (Wildman–Crippen LogP) is 13.4. The zero-order valence-electron chi connectivity index (χ0n) is 29.8. The van der Waals surface area contributed by atoms with Crippen LogP contribution in [-0.2, 0) is 0 Å². The van der Waals surface area contributed by atoms with Gasteiger partial charge >= 0.3 is 0 Å². The number of nitrogens with zero attached hydrogens (tertiary/aromatic N) is 3. The minimum atomic E-state index is 0.585. The summed E-state index contributed by atoms with van der Waals surface area (Å²) in [5.74, 6) is 1.79. The lowest BCUT2D eigenvalue weighted by Gasteiger charge is -2.11. The SMILES string of the molecule is c1ccc(-c2ccc(-c3nc(-c4cccc(-c5ccccc5)c4)nc(-c4cccc5oc6c(-c7cccc(-c8ccccc8)c7)cccc6c45)n3)cc2)cc1. The summed E-state index contributed by atoms with van der Waals surface area (Å²) in [5.41, 5.74) is 13.3. The molecule has 10 rings (SSSR count). The Hall–Kier alpha value is -7.43. The molecule has 4 heteroatoms. The molecule has 258 valence electrons. The fraction of sp³-hybridized carbons (Fsp3) is 0. The first kappa shape index (κ1) is 32.2. The fourth-order valence-corrected chi connectivity index (χ4v) is 7.42. The molecule has 0 aliphatic heterocycles. The highest BCUT2D eigenvalue weighted by Gasteiger charge is 2.20. The van der Waals surface area contributed by atoms with Crippen molar-refractivity contribution >= 4 is 21.9 Å². The molecule has 0 saturated heterocycles. The number of para-hydroxylation sites is 1. The quantitative estimate of drug-likeness (QED) is 0.166. The highest BCUT2D eigenvalue weighted by molar-refractivity contribution is 6.15. The normalized spacial score (nSPS) is 11.3. The second-order valence-corrected chi connectivity index (χ2v) is 13.6. The second-order valence-electron chi connectivity index (χ2n) is 13.6. The number of benzene rings is 8. The van der Waals surface area contributed by atoms with E-state index in [4.69, 9.17) is 19.4 Å². The first-order valence-corrected chi connectivity index (χ1v) is 18.4. The molecule has 0 aliphatic rings. The van der Waals surface area contributed by atoms with Gasteiger partial charge in [-0.15, -0.1) is 0 Å². The van der Waals surface area contributed by atoms with Crippen LogP contribution in [0, 0.1) is 0 Å². The van der Waals surface area contributed by atoms with Gasteiger partial charge in [-0.2, -0.15) is 0 Å². The summed E-state index contributed by atoms with van der Waals surface area (Å²) in [4.78, 5) is 15.5. The average molecular weight is 704 g/mol. The molecule has 10 aromatic rings. The van der Waals surface area contributed by atoms with Crippen LogP contribution in [0.15, 0.2) is 205 Å². The molecule has 4 nitrogen and oxygen atoms in total. The third-order valence-corrected chi connectivity index (χ3v) is 10.2. The van der Waals surface area contributed by atoms with E-state index in [1.165, 1.54) is 5.56 Å². The van der Waals surface area contributed by atoms with E-state index in [1.54, 1.807) is 0 Å². The van der Waals surface area contributed by atoms with E-state index in [9.17, 15) is 0 Å². The summed E-state index contributed by atoms with van der Waals surface area (Å²) in [5, 5.41) is 1.98. The molecule has 8 aromatic carbocycles. The van der Waals surface area contributed by atoms with Crippen molar-refractivity contribution < 1.29 is 4.42 Å². The number of hydrogen-bond donors (Lipinski definition) is 0. The van der Waals surface area contributed by atoms with E-state index in [0.29, 0.717) is 17.5 Å². The molecule has 0 amide bonds. The average Bonchev–Trinajstić information content (AvgIpc) is 3.67. The minimum absolute atomic E-state index is 0.585. The van der Waals surface area contributed by atoms with Gasteiger partial charge in [0.1, 0.15) is 11.2 Å².